The normalized spacial score (nSPS) is 14.1. The fourth-order valence-electron chi connectivity index (χ4n) is 3.77. The molecule has 4 rings (SSSR count). The van der Waals surface area contributed by atoms with E-state index < -0.39 is 6.16 Å². The molecule has 0 atom stereocenters. The number of rotatable bonds is 3. The van der Waals surface area contributed by atoms with Crippen LogP contribution in [0.25, 0.3) is 22.2 Å². The molecule has 0 amide bonds. The molecule has 3 aromatic rings. The lowest BCUT2D eigenvalue weighted by Gasteiger charge is -2.22. The van der Waals surface area contributed by atoms with Crippen LogP contribution in [0.15, 0.2) is 42.6 Å². The summed E-state index contributed by atoms with van der Waals surface area (Å²) in [6.45, 7) is 0. The first-order valence-corrected chi connectivity index (χ1v) is 9.51. The van der Waals surface area contributed by atoms with Crippen LogP contribution in [0, 0.1) is 5.82 Å². The number of pyridine rings is 2. The van der Waals surface area contributed by atoms with Crippen LogP contribution in [-0.4, -0.2) is 33.4 Å². The van der Waals surface area contributed by atoms with E-state index in [9.17, 15) is 4.39 Å². The van der Waals surface area contributed by atoms with E-state index in [0.717, 1.165) is 16.6 Å². The van der Waals surface area contributed by atoms with Crippen molar-refractivity contribution in [2.75, 3.05) is 7.11 Å². The van der Waals surface area contributed by atoms with Crippen LogP contribution in [0.3, 0.4) is 0 Å². The SMILES string of the molecule is COc1ccc(F)cc1-c1nc(C2CCCCC2)cc2cccnc12.O=C(O)O. The van der Waals surface area contributed by atoms with Crippen LogP contribution in [0.2, 0.25) is 0 Å². The average Bonchev–Trinajstić information content (AvgIpc) is 2.73. The van der Waals surface area contributed by atoms with Gasteiger partial charge in [-0.15, -0.1) is 0 Å². The summed E-state index contributed by atoms with van der Waals surface area (Å²) in [5.74, 6) is 0.781. The molecule has 1 saturated carbocycles. The Morgan fingerprint density at radius 3 is 2.55 bits per heavy atom. The van der Waals surface area contributed by atoms with E-state index >= 15 is 0 Å². The van der Waals surface area contributed by atoms with Gasteiger partial charge < -0.3 is 14.9 Å². The average molecular weight is 398 g/mol. The molecule has 2 aromatic heterocycles. The summed E-state index contributed by atoms with van der Waals surface area (Å²) in [6.07, 6.45) is 6.04. The van der Waals surface area contributed by atoms with Crippen molar-refractivity contribution in [1.82, 2.24) is 9.97 Å². The van der Waals surface area contributed by atoms with Crippen molar-refractivity contribution in [3.8, 4) is 17.0 Å². The monoisotopic (exact) mass is 398 g/mol. The molecule has 0 bridgehead atoms. The Morgan fingerprint density at radius 1 is 1.14 bits per heavy atom. The summed E-state index contributed by atoms with van der Waals surface area (Å²) in [6, 6.07) is 10.7. The molecular weight excluding hydrogens is 375 g/mol. The second kappa shape index (κ2) is 9.32. The standard InChI is InChI=1S/C21H21FN2O.CH2O3/c1-25-19-10-9-16(22)13-17(19)21-20-15(8-5-11-23-20)12-18(24-21)14-6-3-2-4-7-14;2-1(3)4/h5,8-14H,2-4,6-7H2,1H3;(H2,2,3,4). The number of methoxy groups -OCH3 is 1. The van der Waals surface area contributed by atoms with E-state index in [2.05, 4.69) is 11.1 Å². The van der Waals surface area contributed by atoms with Crippen molar-refractivity contribution in [2.24, 2.45) is 0 Å². The third kappa shape index (κ3) is 4.99. The molecule has 0 spiro atoms. The van der Waals surface area contributed by atoms with E-state index in [-0.39, 0.29) is 5.82 Å². The first kappa shape index (κ1) is 20.5. The van der Waals surface area contributed by atoms with Crippen molar-refractivity contribution in [2.45, 2.75) is 38.0 Å². The van der Waals surface area contributed by atoms with Crippen molar-refractivity contribution in [3.63, 3.8) is 0 Å². The van der Waals surface area contributed by atoms with E-state index in [1.165, 1.54) is 44.2 Å². The third-order valence-electron chi connectivity index (χ3n) is 5.05. The van der Waals surface area contributed by atoms with Gasteiger partial charge in [0.15, 0.2) is 0 Å². The van der Waals surface area contributed by atoms with Crippen LogP contribution >= 0.6 is 0 Å². The van der Waals surface area contributed by atoms with Crippen LogP contribution in [0.4, 0.5) is 9.18 Å². The fraction of sp³-hybridized carbons (Fsp3) is 0.318. The number of fused-ring (bicyclic) bond motifs is 1. The van der Waals surface area contributed by atoms with Crippen LogP contribution in [0.5, 0.6) is 5.75 Å². The van der Waals surface area contributed by atoms with Gasteiger partial charge >= 0.3 is 6.16 Å². The second-order valence-corrected chi connectivity index (χ2v) is 6.93. The molecule has 2 heterocycles. The quantitative estimate of drug-likeness (QED) is 0.587. The molecule has 0 radical (unpaired) electrons. The molecular formula is C22H23FN2O4. The topological polar surface area (TPSA) is 92.5 Å². The van der Waals surface area contributed by atoms with E-state index in [1.807, 2.05) is 12.1 Å². The first-order valence-electron chi connectivity index (χ1n) is 9.51. The predicted octanol–water partition coefficient (Wildman–Crippen LogP) is 5.71. The lowest BCUT2D eigenvalue weighted by Crippen LogP contribution is -2.08. The maximum atomic E-state index is 13.9. The Balaban J connectivity index is 0.000000552. The highest BCUT2D eigenvalue weighted by Gasteiger charge is 2.21. The van der Waals surface area contributed by atoms with E-state index in [4.69, 9.17) is 24.7 Å². The molecule has 1 aromatic carbocycles. The second-order valence-electron chi connectivity index (χ2n) is 6.93. The van der Waals surface area contributed by atoms with Gasteiger partial charge in [0, 0.05) is 28.8 Å². The maximum Gasteiger partial charge on any atom is 0.503 e. The number of benzene rings is 1. The Hall–Kier alpha value is -3.22. The molecule has 2 N–H and O–H groups in total. The Bertz CT molecular complexity index is 999. The molecule has 0 aliphatic heterocycles. The maximum absolute atomic E-state index is 13.9. The lowest BCUT2D eigenvalue weighted by molar-refractivity contribution is 0.137. The number of halogens is 1. The molecule has 29 heavy (non-hydrogen) atoms. The number of nitrogens with zero attached hydrogens (tertiary/aromatic N) is 2. The Kier molecular flexibility index (Phi) is 6.59. The summed E-state index contributed by atoms with van der Waals surface area (Å²) >= 11 is 0. The lowest BCUT2D eigenvalue weighted by atomic mass is 9.86. The number of aromatic nitrogens is 2. The van der Waals surface area contributed by atoms with Gasteiger partial charge in [-0.2, -0.15) is 0 Å². The number of ether oxygens (including phenoxy) is 1. The van der Waals surface area contributed by atoms with Gasteiger partial charge in [-0.05, 0) is 43.2 Å². The molecule has 152 valence electrons. The Morgan fingerprint density at radius 2 is 1.86 bits per heavy atom. The summed E-state index contributed by atoms with van der Waals surface area (Å²) in [4.78, 5) is 18.0. The molecule has 1 aliphatic carbocycles. The van der Waals surface area contributed by atoms with Gasteiger partial charge in [-0.3, -0.25) is 9.97 Å². The van der Waals surface area contributed by atoms with Gasteiger partial charge in [0.25, 0.3) is 0 Å². The van der Waals surface area contributed by atoms with Gasteiger partial charge in [0.2, 0.25) is 0 Å². The number of carbonyl (C=O) groups is 1. The zero-order valence-electron chi connectivity index (χ0n) is 16.1. The molecule has 1 aliphatic rings. The van der Waals surface area contributed by atoms with Crippen LogP contribution in [-0.2, 0) is 0 Å². The van der Waals surface area contributed by atoms with Gasteiger partial charge in [-0.1, -0.05) is 25.3 Å². The Labute approximate surface area is 168 Å². The smallest absolute Gasteiger partial charge is 0.496 e. The van der Waals surface area contributed by atoms with Crippen LogP contribution < -0.4 is 4.74 Å². The van der Waals surface area contributed by atoms with Gasteiger partial charge in [0.1, 0.15) is 17.3 Å². The predicted molar refractivity (Wildman–Crippen MR) is 108 cm³/mol. The van der Waals surface area contributed by atoms with Crippen LogP contribution in [0.1, 0.15) is 43.7 Å². The molecule has 7 heteroatoms. The van der Waals surface area contributed by atoms with Crippen molar-refractivity contribution in [1.29, 1.82) is 0 Å². The number of hydrogen-bond acceptors (Lipinski definition) is 4. The summed E-state index contributed by atoms with van der Waals surface area (Å²) in [5, 5.41) is 15.0. The minimum absolute atomic E-state index is 0.301. The molecule has 0 unspecified atom stereocenters. The van der Waals surface area contributed by atoms with E-state index in [1.54, 1.807) is 19.4 Å². The molecule has 1 fully saturated rings. The fourth-order valence-corrected chi connectivity index (χ4v) is 3.77. The van der Waals surface area contributed by atoms with Gasteiger partial charge in [-0.25, -0.2) is 9.18 Å². The first-order chi connectivity index (χ1) is 14.0. The summed E-state index contributed by atoms with van der Waals surface area (Å²) < 4.78 is 19.4. The summed E-state index contributed by atoms with van der Waals surface area (Å²) in [5.41, 5.74) is 3.23. The van der Waals surface area contributed by atoms with Crippen molar-refractivity contribution >= 4 is 17.1 Å². The molecule has 6 nitrogen and oxygen atoms in total. The largest absolute Gasteiger partial charge is 0.503 e. The zero-order chi connectivity index (χ0) is 20.8. The number of carboxylic acid groups (broad SMARTS) is 2. The highest BCUT2D eigenvalue weighted by atomic mass is 19.1. The minimum Gasteiger partial charge on any atom is -0.496 e. The summed E-state index contributed by atoms with van der Waals surface area (Å²) in [7, 11) is 1.59. The van der Waals surface area contributed by atoms with Crippen molar-refractivity contribution in [3.05, 3.63) is 54.1 Å². The minimum atomic E-state index is -1.83. The highest BCUT2D eigenvalue weighted by molar-refractivity contribution is 5.93. The zero-order valence-corrected chi connectivity index (χ0v) is 16.1. The van der Waals surface area contributed by atoms with E-state index in [0.29, 0.717) is 22.9 Å². The third-order valence-corrected chi connectivity index (χ3v) is 5.05. The highest BCUT2D eigenvalue weighted by Crippen LogP contribution is 2.37. The van der Waals surface area contributed by atoms with Crippen molar-refractivity contribution < 1.29 is 24.1 Å². The number of hydrogen-bond donors (Lipinski definition) is 2. The van der Waals surface area contributed by atoms with Gasteiger partial charge in [0.05, 0.1) is 12.6 Å². The molecule has 0 saturated heterocycles.